The Morgan fingerprint density at radius 1 is 1.16 bits per heavy atom. The molecule has 0 atom stereocenters. The molecule has 19 heavy (non-hydrogen) atoms. The third-order valence-electron chi connectivity index (χ3n) is 3.63. The molecule has 0 spiro atoms. The fraction of sp³-hybridized carbons (Fsp3) is 0.533. The minimum absolute atomic E-state index is 0.599. The zero-order valence-corrected chi connectivity index (χ0v) is 12.2. The van der Waals surface area contributed by atoms with E-state index in [0.29, 0.717) is 4.99 Å². The Hall–Kier alpha value is -1.13. The van der Waals surface area contributed by atoms with Crippen molar-refractivity contribution in [3.63, 3.8) is 0 Å². The summed E-state index contributed by atoms with van der Waals surface area (Å²) in [7, 11) is 0. The maximum atomic E-state index is 5.63. The SMILES string of the molecule is NC(=S)CCN(CCN1CCCC1)c1ccccc1. The summed E-state index contributed by atoms with van der Waals surface area (Å²) in [5.74, 6) is 0. The second kappa shape index (κ2) is 7.46. The van der Waals surface area contributed by atoms with E-state index in [9.17, 15) is 0 Å². The average molecular weight is 277 g/mol. The van der Waals surface area contributed by atoms with Gasteiger partial charge in [0.05, 0.1) is 4.99 Å². The van der Waals surface area contributed by atoms with Gasteiger partial charge in [-0.3, -0.25) is 0 Å². The Balaban J connectivity index is 1.91. The molecule has 1 aliphatic rings. The number of benzene rings is 1. The largest absolute Gasteiger partial charge is 0.393 e. The summed E-state index contributed by atoms with van der Waals surface area (Å²) in [6, 6.07) is 10.5. The summed E-state index contributed by atoms with van der Waals surface area (Å²) in [5.41, 5.74) is 6.89. The summed E-state index contributed by atoms with van der Waals surface area (Å²) in [5, 5.41) is 0. The second-order valence-corrected chi connectivity index (χ2v) is 5.61. The van der Waals surface area contributed by atoms with Crippen molar-refractivity contribution in [2.45, 2.75) is 19.3 Å². The van der Waals surface area contributed by atoms with Crippen molar-refractivity contribution in [1.82, 2.24) is 4.90 Å². The van der Waals surface area contributed by atoms with Crippen LogP contribution in [-0.2, 0) is 0 Å². The molecular formula is C15H23N3S. The summed E-state index contributed by atoms with van der Waals surface area (Å²) in [6.07, 6.45) is 3.47. The number of para-hydroxylation sites is 1. The molecule has 1 aromatic rings. The molecule has 0 radical (unpaired) electrons. The van der Waals surface area contributed by atoms with Crippen LogP contribution in [0.25, 0.3) is 0 Å². The van der Waals surface area contributed by atoms with Crippen LogP contribution in [0.15, 0.2) is 30.3 Å². The highest BCUT2D eigenvalue weighted by molar-refractivity contribution is 7.80. The van der Waals surface area contributed by atoms with Crippen molar-refractivity contribution in [1.29, 1.82) is 0 Å². The lowest BCUT2D eigenvalue weighted by atomic mass is 10.2. The fourth-order valence-corrected chi connectivity index (χ4v) is 2.61. The van der Waals surface area contributed by atoms with Gasteiger partial charge >= 0.3 is 0 Å². The second-order valence-electron chi connectivity index (χ2n) is 5.09. The predicted octanol–water partition coefficient (Wildman–Crippen LogP) is 2.26. The summed E-state index contributed by atoms with van der Waals surface area (Å²) in [6.45, 7) is 5.59. The van der Waals surface area contributed by atoms with Crippen LogP contribution >= 0.6 is 12.2 Å². The smallest absolute Gasteiger partial charge is 0.0745 e. The maximum Gasteiger partial charge on any atom is 0.0745 e. The van der Waals surface area contributed by atoms with Gasteiger partial charge in [-0.2, -0.15) is 0 Å². The Bertz CT molecular complexity index is 388. The molecule has 0 bridgehead atoms. The van der Waals surface area contributed by atoms with Gasteiger partial charge < -0.3 is 15.5 Å². The number of nitrogens with zero attached hydrogens (tertiary/aromatic N) is 2. The third kappa shape index (κ3) is 4.80. The number of hydrogen-bond acceptors (Lipinski definition) is 3. The molecule has 1 saturated heterocycles. The maximum absolute atomic E-state index is 5.63. The highest BCUT2D eigenvalue weighted by atomic mass is 32.1. The van der Waals surface area contributed by atoms with Gasteiger partial charge in [0.25, 0.3) is 0 Å². The topological polar surface area (TPSA) is 32.5 Å². The lowest BCUT2D eigenvalue weighted by Crippen LogP contribution is -2.35. The number of thiocarbonyl (C=S) groups is 1. The van der Waals surface area contributed by atoms with Crippen molar-refractivity contribution in [3.05, 3.63) is 30.3 Å². The van der Waals surface area contributed by atoms with Gasteiger partial charge in [0, 0.05) is 31.7 Å². The van der Waals surface area contributed by atoms with E-state index >= 15 is 0 Å². The minimum Gasteiger partial charge on any atom is -0.393 e. The molecule has 1 fully saturated rings. The molecule has 1 aromatic carbocycles. The molecule has 0 unspecified atom stereocenters. The molecule has 1 heterocycles. The molecule has 0 amide bonds. The van der Waals surface area contributed by atoms with Gasteiger partial charge in [-0.1, -0.05) is 30.4 Å². The highest BCUT2D eigenvalue weighted by Gasteiger charge is 2.13. The van der Waals surface area contributed by atoms with Crippen LogP contribution in [0.5, 0.6) is 0 Å². The molecule has 3 nitrogen and oxygen atoms in total. The van der Waals surface area contributed by atoms with Crippen LogP contribution in [0, 0.1) is 0 Å². The van der Waals surface area contributed by atoms with E-state index in [1.54, 1.807) is 0 Å². The van der Waals surface area contributed by atoms with Crippen LogP contribution in [0.2, 0.25) is 0 Å². The molecule has 4 heteroatoms. The average Bonchev–Trinajstić information content (AvgIpc) is 2.93. The zero-order valence-electron chi connectivity index (χ0n) is 11.4. The first-order chi connectivity index (χ1) is 9.25. The number of hydrogen-bond donors (Lipinski definition) is 1. The van der Waals surface area contributed by atoms with Crippen LogP contribution < -0.4 is 10.6 Å². The Morgan fingerprint density at radius 2 is 1.84 bits per heavy atom. The predicted molar refractivity (Wildman–Crippen MR) is 85.7 cm³/mol. The van der Waals surface area contributed by atoms with Gasteiger partial charge in [0.2, 0.25) is 0 Å². The van der Waals surface area contributed by atoms with Gasteiger partial charge in [0.15, 0.2) is 0 Å². The van der Waals surface area contributed by atoms with Gasteiger partial charge in [-0.05, 0) is 38.1 Å². The van der Waals surface area contributed by atoms with Gasteiger partial charge in [-0.25, -0.2) is 0 Å². The number of nitrogens with two attached hydrogens (primary N) is 1. The first-order valence-corrected chi connectivity index (χ1v) is 7.47. The molecular weight excluding hydrogens is 254 g/mol. The summed E-state index contributed by atoms with van der Waals surface area (Å²) in [4.78, 5) is 5.52. The Labute approximate surface area is 121 Å². The highest BCUT2D eigenvalue weighted by Crippen LogP contribution is 2.14. The monoisotopic (exact) mass is 277 g/mol. The van der Waals surface area contributed by atoms with Crippen LogP contribution in [0.1, 0.15) is 19.3 Å². The zero-order chi connectivity index (χ0) is 13.5. The molecule has 0 aliphatic carbocycles. The quantitative estimate of drug-likeness (QED) is 0.775. The number of likely N-dealkylation sites (tertiary alicyclic amines) is 1. The Morgan fingerprint density at radius 3 is 2.47 bits per heavy atom. The van der Waals surface area contributed by atoms with Gasteiger partial charge in [-0.15, -0.1) is 0 Å². The van der Waals surface area contributed by atoms with E-state index in [0.717, 1.165) is 26.1 Å². The van der Waals surface area contributed by atoms with E-state index in [-0.39, 0.29) is 0 Å². The van der Waals surface area contributed by atoms with E-state index in [1.807, 2.05) is 0 Å². The molecule has 2 N–H and O–H groups in total. The third-order valence-corrected chi connectivity index (χ3v) is 3.84. The van der Waals surface area contributed by atoms with Crippen LogP contribution in [0.4, 0.5) is 5.69 Å². The first kappa shape index (κ1) is 14.3. The lowest BCUT2D eigenvalue weighted by molar-refractivity contribution is 0.345. The van der Waals surface area contributed by atoms with Crippen molar-refractivity contribution in [2.75, 3.05) is 37.6 Å². The van der Waals surface area contributed by atoms with Gasteiger partial charge in [0.1, 0.15) is 0 Å². The molecule has 1 aliphatic heterocycles. The van der Waals surface area contributed by atoms with E-state index < -0.39 is 0 Å². The summed E-state index contributed by atoms with van der Waals surface area (Å²) >= 11 is 5.00. The minimum atomic E-state index is 0.599. The van der Waals surface area contributed by atoms with Crippen LogP contribution in [0.3, 0.4) is 0 Å². The van der Waals surface area contributed by atoms with Crippen molar-refractivity contribution < 1.29 is 0 Å². The molecule has 0 saturated carbocycles. The van der Waals surface area contributed by atoms with Crippen molar-refractivity contribution in [3.8, 4) is 0 Å². The lowest BCUT2D eigenvalue weighted by Gasteiger charge is -2.27. The fourth-order valence-electron chi connectivity index (χ4n) is 2.52. The normalized spacial score (nSPS) is 15.6. The van der Waals surface area contributed by atoms with E-state index in [2.05, 4.69) is 40.1 Å². The van der Waals surface area contributed by atoms with E-state index in [1.165, 1.54) is 31.6 Å². The number of anilines is 1. The first-order valence-electron chi connectivity index (χ1n) is 7.06. The van der Waals surface area contributed by atoms with E-state index in [4.69, 9.17) is 18.0 Å². The standard InChI is InChI=1S/C15H23N3S/c16-15(19)8-11-18(14-6-2-1-3-7-14)13-12-17-9-4-5-10-17/h1-3,6-7H,4-5,8-13H2,(H2,16,19). The summed E-state index contributed by atoms with van der Waals surface area (Å²) < 4.78 is 0. The van der Waals surface area contributed by atoms with Crippen molar-refractivity contribution >= 4 is 22.9 Å². The Kier molecular flexibility index (Phi) is 5.61. The molecule has 104 valence electrons. The molecule has 0 aromatic heterocycles. The van der Waals surface area contributed by atoms with Crippen molar-refractivity contribution in [2.24, 2.45) is 5.73 Å². The van der Waals surface area contributed by atoms with Crippen LogP contribution in [-0.4, -0.2) is 42.6 Å². The number of rotatable bonds is 7. The molecule has 2 rings (SSSR count).